The van der Waals surface area contributed by atoms with Crippen LogP contribution in [0.3, 0.4) is 0 Å². The van der Waals surface area contributed by atoms with Crippen LogP contribution in [0.5, 0.6) is 0 Å². The molecule has 0 aliphatic carbocycles. The van der Waals surface area contributed by atoms with Gasteiger partial charge in [-0.3, -0.25) is 14.5 Å². The Balaban J connectivity index is 1.70. The summed E-state index contributed by atoms with van der Waals surface area (Å²) < 4.78 is 27.2. The smallest absolute Gasteiger partial charge is 0.294 e. The highest BCUT2D eigenvalue weighted by Crippen LogP contribution is 2.43. The second-order valence-corrected chi connectivity index (χ2v) is 7.84. The number of aliphatic hydroxyl groups is 1. The average Bonchev–Trinajstić information content (AvgIpc) is 3.36. The number of Topliss-reactive ketones (excluding diaryl/α,β-unsaturated/α-hetero) is 1. The number of aliphatic hydroxyl groups excluding tert-OH is 1. The molecule has 30 heavy (non-hydrogen) atoms. The number of thiophene rings is 1. The van der Waals surface area contributed by atoms with Gasteiger partial charge >= 0.3 is 0 Å². The van der Waals surface area contributed by atoms with Crippen molar-refractivity contribution in [2.24, 2.45) is 0 Å². The van der Waals surface area contributed by atoms with Gasteiger partial charge in [-0.05, 0) is 35.6 Å². The van der Waals surface area contributed by atoms with Crippen LogP contribution < -0.4 is 4.90 Å². The minimum atomic E-state index is -1.12. The van der Waals surface area contributed by atoms with E-state index < -0.39 is 29.3 Å². The van der Waals surface area contributed by atoms with Gasteiger partial charge in [-0.1, -0.05) is 36.4 Å². The number of nitrogens with zero attached hydrogens (tertiary/aromatic N) is 1. The second kappa shape index (κ2) is 8.20. The van der Waals surface area contributed by atoms with Gasteiger partial charge in [-0.2, -0.15) is 0 Å². The van der Waals surface area contributed by atoms with Crippen LogP contribution in [-0.4, -0.2) is 16.8 Å². The lowest BCUT2D eigenvalue weighted by Crippen LogP contribution is -2.30. The van der Waals surface area contributed by atoms with Crippen LogP contribution in [0.1, 0.15) is 22.9 Å². The molecule has 2 heterocycles. The zero-order valence-electron chi connectivity index (χ0n) is 15.7. The van der Waals surface area contributed by atoms with Crippen molar-refractivity contribution in [3.05, 3.63) is 99.5 Å². The van der Waals surface area contributed by atoms with Crippen LogP contribution >= 0.6 is 11.3 Å². The molecule has 3 aromatic rings. The number of hydrogen-bond donors (Lipinski definition) is 1. The third-order valence-corrected chi connectivity index (χ3v) is 5.91. The quantitative estimate of drug-likeness (QED) is 0.596. The Labute approximate surface area is 175 Å². The first-order valence-electron chi connectivity index (χ1n) is 9.29. The Bertz CT molecular complexity index is 1130. The lowest BCUT2D eigenvalue weighted by atomic mass is 9.97. The van der Waals surface area contributed by atoms with Crippen LogP contribution in [0.15, 0.2) is 77.4 Å². The van der Waals surface area contributed by atoms with Crippen molar-refractivity contribution in [3.63, 3.8) is 0 Å². The molecule has 0 saturated heterocycles. The molecule has 4 nitrogen and oxygen atoms in total. The summed E-state index contributed by atoms with van der Waals surface area (Å²) in [5.74, 6) is -4.00. The largest absolute Gasteiger partial charge is 0.503 e. The number of hydrogen-bond acceptors (Lipinski definition) is 4. The Morgan fingerprint density at radius 1 is 1.03 bits per heavy atom. The Morgan fingerprint density at radius 3 is 2.47 bits per heavy atom. The van der Waals surface area contributed by atoms with Crippen molar-refractivity contribution in [1.82, 2.24) is 0 Å². The van der Waals surface area contributed by atoms with Crippen LogP contribution in [0.4, 0.5) is 14.5 Å². The molecule has 2 aromatic carbocycles. The van der Waals surface area contributed by atoms with Gasteiger partial charge in [0.2, 0.25) is 0 Å². The van der Waals surface area contributed by atoms with Gasteiger partial charge in [0.15, 0.2) is 23.2 Å². The molecule has 1 unspecified atom stereocenters. The summed E-state index contributed by atoms with van der Waals surface area (Å²) in [7, 11) is 0. The fourth-order valence-corrected chi connectivity index (χ4v) is 4.37. The predicted octanol–water partition coefficient (Wildman–Crippen LogP) is 5.13. The number of anilines is 1. The fraction of sp³-hybridized carbons (Fsp3) is 0.130. The monoisotopic (exact) mass is 425 g/mol. The summed E-state index contributed by atoms with van der Waals surface area (Å²) in [6.07, 6.45) is 0.553. The summed E-state index contributed by atoms with van der Waals surface area (Å²) in [5, 5.41) is 12.3. The third-order valence-electron chi connectivity index (χ3n) is 4.99. The van der Waals surface area contributed by atoms with E-state index in [0.717, 1.165) is 22.6 Å². The molecule has 7 heteroatoms. The molecule has 1 amide bonds. The van der Waals surface area contributed by atoms with Gasteiger partial charge in [0.25, 0.3) is 5.91 Å². The van der Waals surface area contributed by atoms with Gasteiger partial charge < -0.3 is 5.11 Å². The third kappa shape index (κ3) is 3.64. The number of benzene rings is 2. The minimum absolute atomic E-state index is 0.0249. The second-order valence-electron chi connectivity index (χ2n) is 6.86. The van der Waals surface area contributed by atoms with E-state index in [0.29, 0.717) is 11.3 Å². The highest BCUT2D eigenvalue weighted by Gasteiger charge is 2.44. The average molecular weight is 425 g/mol. The molecular formula is C23H17F2NO3S. The molecule has 152 valence electrons. The van der Waals surface area contributed by atoms with Crippen molar-refractivity contribution in [3.8, 4) is 0 Å². The number of rotatable bonds is 6. The molecule has 0 fully saturated rings. The number of carbonyl (C=O) groups is 2. The van der Waals surface area contributed by atoms with Crippen LogP contribution in [0.25, 0.3) is 0 Å². The van der Waals surface area contributed by atoms with Gasteiger partial charge in [-0.15, -0.1) is 11.3 Å². The van der Waals surface area contributed by atoms with Crippen LogP contribution in [0, 0.1) is 11.6 Å². The van der Waals surface area contributed by atoms with E-state index >= 15 is 0 Å². The summed E-state index contributed by atoms with van der Waals surface area (Å²) in [4.78, 5) is 27.7. The normalized spacial score (nSPS) is 16.4. The number of amides is 1. The first-order valence-corrected chi connectivity index (χ1v) is 10.2. The van der Waals surface area contributed by atoms with Crippen LogP contribution in [-0.2, 0) is 16.0 Å². The standard InChI is InChI=1S/C23H17F2NO3S/c24-16-10-9-15(13-17(16)25)26-21(19-7-4-12-30-19)20(22(28)23(26)29)18(27)11-8-14-5-2-1-3-6-14/h1-7,9-10,12-13,21,28H,8,11H2. The molecular weight excluding hydrogens is 408 g/mol. The number of ketones is 1. The van der Waals surface area contributed by atoms with Crippen LogP contribution in [0.2, 0.25) is 0 Å². The highest BCUT2D eigenvalue weighted by molar-refractivity contribution is 7.10. The minimum Gasteiger partial charge on any atom is -0.503 e. The molecule has 0 radical (unpaired) electrons. The lowest BCUT2D eigenvalue weighted by molar-refractivity contribution is -0.118. The van der Waals surface area contributed by atoms with E-state index in [9.17, 15) is 23.5 Å². The van der Waals surface area contributed by atoms with E-state index in [1.165, 1.54) is 17.4 Å². The maximum Gasteiger partial charge on any atom is 0.294 e. The summed E-state index contributed by atoms with van der Waals surface area (Å²) in [6.45, 7) is 0. The Hall–Kier alpha value is -3.32. The molecule has 4 rings (SSSR count). The molecule has 1 aliphatic rings. The topological polar surface area (TPSA) is 57.6 Å². The molecule has 0 spiro atoms. The maximum atomic E-state index is 13.8. The summed E-state index contributed by atoms with van der Waals surface area (Å²) in [5.41, 5.74) is 0.998. The van der Waals surface area contributed by atoms with Crippen molar-refractivity contribution in [1.29, 1.82) is 0 Å². The maximum absolute atomic E-state index is 13.8. The molecule has 1 aliphatic heterocycles. The van der Waals surface area contributed by atoms with Crippen molar-refractivity contribution >= 4 is 28.7 Å². The molecule has 0 saturated carbocycles. The molecule has 1 aromatic heterocycles. The first-order chi connectivity index (χ1) is 14.5. The van der Waals surface area contributed by atoms with Gasteiger partial charge in [0.1, 0.15) is 6.04 Å². The van der Waals surface area contributed by atoms with Gasteiger partial charge in [0, 0.05) is 23.1 Å². The summed E-state index contributed by atoms with van der Waals surface area (Å²) in [6, 6.07) is 15.1. The van der Waals surface area contributed by atoms with Crippen molar-refractivity contribution in [2.75, 3.05) is 4.90 Å². The Kier molecular flexibility index (Phi) is 5.46. The summed E-state index contributed by atoms with van der Waals surface area (Å²) >= 11 is 1.31. The van der Waals surface area contributed by atoms with E-state index in [-0.39, 0.29) is 23.5 Å². The fourth-order valence-electron chi connectivity index (χ4n) is 3.54. The van der Waals surface area contributed by atoms with Crippen molar-refractivity contribution in [2.45, 2.75) is 18.9 Å². The zero-order chi connectivity index (χ0) is 21.3. The zero-order valence-corrected chi connectivity index (χ0v) is 16.5. The van der Waals surface area contributed by atoms with E-state index in [1.54, 1.807) is 17.5 Å². The highest BCUT2D eigenvalue weighted by atomic mass is 32.1. The first kappa shape index (κ1) is 20.0. The number of aryl methyl sites for hydroxylation is 1. The molecule has 0 bridgehead atoms. The lowest BCUT2D eigenvalue weighted by Gasteiger charge is -2.25. The van der Waals surface area contributed by atoms with Crippen molar-refractivity contribution < 1.29 is 23.5 Å². The van der Waals surface area contributed by atoms with E-state index in [1.807, 2.05) is 30.3 Å². The predicted molar refractivity (Wildman–Crippen MR) is 110 cm³/mol. The van der Waals surface area contributed by atoms with Gasteiger partial charge in [0.05, 0.1) is 5.57 Å². The Morgan fingerprint density at radius 2 is 1.80 bits per heavy atom. The number of halogens is 2. The van der Waals surface area contributed by atoms with E-state index in [4.69, 9.17) is 0 Å². The number of carbonyl (C=O) groups excluding carboxylic acids is 2. The molecule has 1 N–H and O–H groups in total. The SMILES string of the molecule is O=C(CCc1ccccc1)C1=C(O)C(=O)N(c2ccc(F)c(F)c2)C1c1cccs1. The molecule has 1 atom stereocenters. The van der Waals surface area contributed by atoms with Gasteiger partial charge in [-0.25, -0.2) is 8.78 Å². The van der Waals surface area contributed by atoms with E-state index in [2.05, 4.69) is 0 Å².